The van der Waals surface area contributed by atoms with Gasteiger partial charge >= 0.3 is 0 Å². The maximum Gasteiger partial charge on any atom is 0.160 e. The third kappa shape index (κ3) is 2.40. The maximum absolute atomic E-state index is 9.56. The molecule has 1 aromatic heterocycles. The van der Waals surface area contributed by atoms with Gasteiger partial charge in [-0.1, -0.05) is 4.49 Å². The van der Waals surface area contributed by atoms with Crippen LogP contribution in [0.5, 0.6) is 11.5 Å². The molecule has 16 heavy (non-hydrogen) atoms. The number of methoxy groups -OCH3 is 1. The second-order valence-corrected chi connectivity index (χ2v) is 3.75. The Bertz CT molecular complexity index is 459. The molecule has 6 heteroatoms. The lowest BCUT2D eigenvalue weighted by Gasteiger charge is -2.07. The van der Waals surface area contributed by atoms with Crippen LogP contribution >= 0.6 is 11.5 Å². The van der Waals surface area contributed by atoms with Crippen molar-refractivity contribution in [3.8, 4) is 11.5 Å². The second-order valence-electron chi connectivity index (χ2n) is 3.14. The van der Waals surface area contributed by atoms with E-state index < -0.39 is 0 Å². The Morgan fingerprint density at radius 3 is 3.00 bits per heavy atom. The summed E-state index contributed by atoms with van der Waals surface area (Å²) in [5, 5.41) is 18.5. The molecule has 0 aliphatic heterocycles. The van der Waals surface area contributed by atoms with Crippen LogP contribution in [0.1, 0.15) is 5.69 Å². The average Bonchev–Trinajstić information content (AvgIpc) is 2.79. The number of nitrogens with zero attached hydrogens (tertiary/aromatic N) is 2. The van der Waals surface area contributed by atoms with Crippen LogP contribution in [0.3, 0.4) is 0 Å². The first-order chi connectivity index (χ1) is 7.79. The highest BCUT2D eigenvalue weighted by atomic mass is 32.1. The van der Waals surface area contributed by atoms with Crippen LogP contribution in [0.4, 0.5) is 5.69 Å². The molecule has 0 aliphatic carbocycles. The standard InChI is InChI=1S/C10H11N3O2S/c1-15-10-3-2-7(4-9(10)14)11-5-8-6-16-13-12-8/h2-4,6,11,14H,5H2,1H3. The number of hydrogen-bond donors (Lipinski definition) is 2. The highest BCUT2D eigenvalue weighted by Crippen LogP contribution is 2.28. The summed E-state index contributed by atoms with van der Waals surface area (Å²) in [4.78, 5) is 0. The number of aromatic hydroxyl groups is 1. The number of benzene rings is 1. The quantitative estimate of drug-likeness (QED) is 0.849. The van der Waals surface area contributed by atoms with Gasteiger partial charge in [0, 0.05) is 17.1 Å². The van der Waals surface area contributed by atoms with Crippen molar-refractivity contribution in [2.24, 2.45) is 0 Å². The molecule has 5 nitrogen and oxygen atoms in total. The Morgan fingerprint density at radius 2 is 2.38 bits per heavy atom. The van der Waals surface area contributed by atoms with Crippen molar-refractivity contribution in [1.29, 1.82) is 0 Å². The van der Waals surface area contributed by atoms with Crippen LogP contribution in [0.25, 0.3) is 0 Å². The van der Waals surface area contributed by atoms with E-state index in [0.717, 1.165) is 11.4 Å². The Morgan fingerprint density at radius 1 is 1.50 bits per heavy atom. The first kappa shape index (κ1) is 10.7. The minimum atomic E-state index is 0.115. The SMILES string of the molecule is COc1ccc(NCc2csnn2)cc1O. The maximum atomic E-state index is 9.56. The van der Waals surface area contributed by atoms with Crippen molar-refractivity contribution in [3.05, 3.63) is 29.3 Å². The number of anilines is 1. The molecule has 0 amide bonds. The molecule has 0 unspecified atom stereocenters. The molecule has 0 atom stereocenters. The van der Waals surface area contributed by atoms with Gasteiger partial charge in [-0.2, -0.15) is 0 Å². The zero-order valence-electron chi connectivity index (χ0n) is 8.67. The summed E-state index contributed by atoms with van der Waals surface area (Å²) in [6.45, 7) is 0.586. The van der Waals surface area contributed by atoms with E-state index in [1.54, 1.807) is 12.1 Å². The number of phenols is 1. The molecule has 0 bridgehead atoms. The van der Waals surface area contributed by atoms with Gasteiger partial charge in [0.2, 0.25) is 0 Å². The highest BCUT2D eigenvalue weighted by Gasteiger charge is 2.02. The number of phenolic OH excluding ortho intramolecular Hbond substituents is 1. The molecule has 0 radical (unpaired) electrons. The molecule has 0 fully saturated rings. The minimum Gasteiger partial charge on any atom is -0.504 e. The normalized spacial score (nSPS) is 10.1. The number of aromatic nitrogens is 2. The van der Waals surface area contributed by atoms with E-state index in [1.807, 2.05) is 11.4 Å². The van der Waals surface area contributed by atoms with Crippen LogP contribution in [0.2, 0.25) is 0 Å². The summed E-state index contributed by atoms with van der Waals surface area (Å²) in [5.74, 6) is 0.574. The van der Waals surface area contributed by atoms with Gasteiger partial charge in [0.25, 0.3) is 0 Å². The molecule has 2 aromatic rings. The lowest BCUT2D eigenvalue weighted by molar-refractivity contribution is 0.373. The molecule has 2 N–H and O–H groups in total. The van der Waals surface area contributed by atoms with Gasteiger partial charge in [-0.25, -0.2) is 0 Å². The summed E-state index contributed by atoms with van der Waals surface area (Å²) in [7, 11) is 1.52. The lowest BCUT2D eigenvalue weighted by Crippen LogP contribution is -1.99. The Labute approximate surface area is 96.9 Å². The third-order valence-corrected chi connectivity index (χ3v) is 2.61. The van der Waals surface area contributed by atoms with E-state index >= 15 is 0 Å². The van der Waals surface area contributed by atoms with Gasteiger partial charge < -0.3 is 15.2 Å². The average molecular weight is 237 g/mol. The molecular weight excluding hydrogens is 226 g/mol. The largest absolute Gasteiger partial charge is 0.504 e. The van der Waals surface area contributed by atoms with E-state index in [9.17, 15) is 5.11 Å². The van der Waals surface area contributed by atoms with Crippen LogP contribution in [-0.2, 0) is 6.54 Å². The number of nitrogens with one attached hydrogen (secondary N) is 1. The summed E-state index contributed by atoms with van der Waals surface area (Å²) < 4.78 is 8.71. The molecule has 0 spiro atoms. The number of hydrogen-bond acceptors (Lipinski definition) is 6. The van der Waals surface area contributed by atoms with Gasteiger partial charge in [-0.15, -0.1) is 5.10 Å². The fourth-order valence-corrected chi connectivity index (χ4v) is 1.70. The van der Waals surface area contributed by atoms with Crippen molar-refractivity contribution < 1.29 is 9.84 Å². The van der Waals surface area contributed by atoms with E-state index in [2.05, 4.69) is 14.9 Å². The molecular formula is C10H11N3O2S. The zero-order valence-corrected chi connectivity index (χ0v) is 9.49. The van der Waals surface area contributed by atoms with Gasteiger partial charge in [-0.05, 0) is 23.7 Å². The topological polar surface area (TPSA) is 67.3 Å². The molecule has 2 rings (SSSR count). The molecule has 84 valence electrons. The molecule has 0 saturated heterocycles. The summed E-state index contributed by atoms with van der Waals surface area (Å²) in [6.07, 6.45) is 0. The Balaban J connectivity index is 2.02. The van der Waals surface area contributed by atoms with Gasteiger partial charge in [0.15, 0.2) is 11.5 Å². The van der Waals surface area contributed by atoms with Crippen molar-refractivity contribution >= 4 is 17.2 Å². The van der Waals surface area contributed by atoms with Crippen LogP contribution in [0, 0.1) is 0 Å². The fraction of sp³-hybridized carbons (Fsp3) is 0.200. The summed E-state index contributed by atoms with van der Waals surface area (Å²) >= 11 is 1.31. The van der Waals surface area contributed by atoms with Crippen molar-refractivity contribution in [3.63, 3.8) is 0 Å². The van der Waals surface area contributed by atoms with E-state index in [4.69, 9.17) is 4.74 Å². The van der Waals surface area contributed by atoms with Crippen molar-refractivity contribution in [1.82, 2.24) is 9.59 Å². The highest BCUT2D eigenvalue weighted by molar-refractivity contribution is 7.03. The van der Waals surface area contributed by atoms with E-state index in [-0.39, 0.29) is 5.75 Å². The van der Waals surface area contributed by atoms with Crippen LogP contribution in [-0.4, -0.2) is 21.8 Å². The smallest absolute Gasteiger partial charge is 0.160 e. The van der Waals surface area contributed by atoms with Gasteiger partial charge in [0.1, 0.15) is 0 Å². The first-order valence-electron chi connectivity index (χ1n) is 4.66. The zero-order chi connectivity index (χ0) is 11.4. The van der Waals surface area contributed by atoms with E-state index in [0.29, 0.717) is 12.3 Å². The third-order valence-electron chi connectivity index (χ3n) is 2.06. The predicted octanol–water partition coefficient (Wildman–Crippen LogP) is 1.86. The van der Waals surface area contributed by atoms with Crippen molar-refractivity contribution in [2.45, 2.75) is 6.54 Å². The lowest BCUT2D eigenvalue weighted by atomic mass is 10.2. The van der Waals surface area contributed by atoms with Crippen LogP contribution < -0.4 is 10.1 Å². The van der Waals surface area contributed by atoms with E-state index in [1.165, 1.54) is 18.6 Å². The van der Waals surface area contributed by atoms with Crippen LogP contribution in [0.15, 0.2) is 23.6 Å². The number of rotatable bonds is 4. The predicted molar refractivity (Wildman–Crippen MR) is 61.9 cm³/mol. The van der Waals surface area contributed by atoms with Gasteiger partial charge in [-0.3, -0.25) is 0 Å². The number of ether oxygens (including phenoxy) is 1. The Kier molecular flexibility index (Phi) is 3.21. The fourth-order valence-electron chi connectivity index (χ4n) is 1.25. The Hall–Kier alpha value is -1.82. The molecule has 1 heterocycles. The minimum absolute atomic E-state index is 0.115. The monoisotopic (exact) mass is 237 g/mol. The second kappa shape index (κ2) is 4.80. The molecule has 0 aliphatic rings. The first-order valence-corrected chi connectivity index (χ1v) is 5.50. The van der Waals surface area contributed by atoms with Gasteiger partial charge in [0.05, 0.1) is 19.3 Å². The summed E-state index contributed by atoms with van der Waals surface area (Å²) in [6, 6.07) is 5.15. The summed E-state index contributed by atoms with van der Waals surface area (Å²) in [5.41, 5.74) is 1.69. The molecule has 0 saturated carbocycles. The molecule has 1 aromatic carbocycles. The van der Waals surface area contributed by atoms with Crippen molar-refractivity contribution in [2.75, 3.05) is 12.4 Å².